The standard InChI is InChI=1S/C12H17BrN2O/c1-3-14-4-5-15-12(16)10-6-9(2)7-11(13)8-10/h6-8,14H,3-5H2,1-2H3,(H,15,16). The number of benzene rings is 1. The van der Waals surface area contributed by atoms with Crippen molar-refractivity contribution < 1.29 is 4.79 Å². The van der Waals surface area contributed by atoms with Gasteiger partial charge in [0, 0.05) is 23.1 Å². The van der Waals surface area contributed by atoms with Crippen LogP contribution < -0.4 is 10.6 Å². The molecule has 88 valence electrons. The normalized spacial score (nSPS) is 10.2. The van der Waals surface area contributed by atoms with Crippen LogP contribution in [-0.4, -0.2) is 25.5 Å². The zero-order chi connectivity index (χ0) is 12.0. The van der Waals surface area contributed by atoms with E-state index < -0.39 is 0 Å². The molecule has 0 aliphatic heterocycles. The van der Waals surface area contributed by atoms with Crippen LogP contribution in [0.25, 0.3) is 0 Å². The van der Waals surface area contributed by atoms with E-state index in [1.54, 1.807) is 0 Å². The first kappa shape index (κ1) is 13.2. The summed E-state index contributed by atoms with van der Waals surface area (Å²) in [6.45, 7) is 6.39. The fraction of sp³-hybridized carbons (Fsp3) is 0.417. The van der Waals surface area contributed by atoms with Crippen molar-refractivity contribution in [3.05, 3.63) is 33.8 Å². The lowest BCUT2D eigenvalue weighted by Gasteiger charge is -2.06. The van der Waals surface area contributed by atoms with Crippen LogP contribution in [0.1, 0.15) is 22.8 Å². The Bertz CT molecular complexity index is 346. The van der Waals surface area contributed by atoms with E-state index in [0.29, 0.717) is 12.1 Å². The maximum Gasteiger partial charge on any atom is 0.251 e. The second-order valence-electron chi connectivity index (χ2n) is 3.63. The van der Waals surface area contributed by atoms with Gasteiger partial charge in [0.05, 0.1) is 0 Å². The molecule has 16 heavy (non-hydrogen) atoms. The molecule has 0 atom stereocenters. The van der Waals surface area contributed by atoms with Crippen LogP contribution in [0.4, 0.5) is 0 Å². The maximum atomic E-state index is 11.8. The van der Waals surface area contributed by atoms with Gasteiger partial charge in [-0.3, -0.25) is 4.79 Å². The molecule has 0 heterocycles. The molecule has 0 saturated heterocycles. The Hall–Kier alpha value is -0.870. The van der Waals surface area contributed by atoms with E-state index in [1.165, 1.54) is 0 Å². The molecule has 1 aromatic carbocycles. The largest absolute Gasteiger partial charge is 0.351 e. The number of hydrogen-bond donors (Lipinski definition) is 2. The lowest BCUT2D eigenvalue weighted by molar-refractivity contribution is 0.0954. The number of amides is 1. The summed E-state index contributed by atoms with van der Waals surface area (Å²) in [6.07, 6.45) is 0. The van der Waals surface area contributed by atoms with Gasteiger partial charge < -0.3 is 10.6 Å². The van der Waals surface area contributed by atoms with Crippen molar-refractivity contribution in [3.8, 4) is 0 Å². The number of aryl methyl sites for hydroxylation is 1. The highest BCUT2D eigenvalue weighted by molar-refractivity contribution is 9.10. The quantitative estimate of drug-likeness (QED) is 0.813. The van der Waals surface area contributed by atoms with Crippen molar-refractivity contribution in [1.82, 2.24) is 10.6 Å². The average molecular weight is 285 g/mol. The number of likely N-dealkylation sites (N-methyl/N-ethyl adjacent to an activating group) is 1. The van der Waals surface area contributed by atoms with Gasteiger partial charge in [0.15, 0.2) is 0 Å². The molecule has 0 radical (unpaired) electrons. The van der Waals surface area contributed by atoms with E-state index in [2.05, 4.69) is 26.6 Å². The molecule has 0 aromatic heterocycles. The maximum absolute atomic E-state index is 11.8. The van der Waals surface area contributed by atoms with Gasteiger partial charge in [-0.25, -0.2) is 0 Å². The van der Waals surface area contributed by atoms with E-state index >= 15 is 0 Å². The number of carbonyl (C=O) groups is 1. The summed E-state index contributed by atoms with van der Waals surface area (Å²) in [5.41, 5.74) is 1.77. The molecule has 0 fully saturated rings. The van der Waals surface area contributed by atoms with Crippen LogP contribution in [0.3, 0.4) is 0 Å². The molecule has 2 N–H and O–H groups in total. The van der Waals surface area contributed by atoms with E-state index in [1.807, 2.05) is 32.0 Å². The molecule has 0 aliphatic rings. The van der Waals surface area contributed by atoms with Gasteiger partial charge >= 0.3 is 0 Å². The molecular weight excluding hydrogens is 268 g/mol. The molecule has 0 unspecified atom stereocenters. The molecule has 0 bridgehead atoms. The molecule has 1 rings (SSSR count). The Kier molecular flexibility index (Phi) is 5.49. The van der Waals surface area contributed by atoms with Gasteiger partial charge in [-0.15, -0.1) is 0 Å². The first-order chi connectivity index (χ1) is 7.63. The van der Waals surface area contributed by atoms with Gasteiger partial charge in [-0.05, 0) is 37.2 Å². The van der Waals surface area contributed by atoms with Crippen LogP contribution in [0, 0.1) is 6.92 Å². The Morgan fingerprint density at radius 2 is 2.06 bits per heavy atom. The number of hydrogen-bond acceptors (Lipinski definition) is 2. The molecule has 0 saturated carbocycles. The molecule has 0 spiro atoms. The van der Waals surface area contributed by atoms with Gasteiger partial charge in [-0.2, -0.15) is 0 Å². The van der Waals surface area contributed by atoms with Gasteiger partial charge in [0.25, 0.3) is 5.91 Å². The van der Waals surface area contributed by atoms with Crippen LogP contribution in [-0.2, 0) is 0 Å². The molecule has 1 aromatic rings. The second-order valence-corrected chi connectivity index (χ2v) is 4.54. The minimum absolute atomic E-state index is 0.0256. The molecule has 3 nitrogen and oxygen atoms in total. The van der Waals surface area contributed by atoms with Crippen molar-refractivity contribution in [2.24, 2.45) is 0 Å². The summed E-state index contributed by atoms with van der Waals surface area (Å²) in [4.78, 5) is 11.8. The van der Waals surface area contributed by atoms with Gasteiger partial charge in [-0.1, -0.05) is 22.9 Å². The molecular formula is C12H17BrN2O. The second kappa shape index (κ2) is 6.66. The fourth-order valence-electron chi connectivity index (χ4n) is 1.41. The number of nitrogens with one attached hydrogen (secondary N) is 2. The van der Waals surface area contributed by atoms with Crippen LogP contribution in [0.15, 0.2) is 22.7 Å². The van der Waals surface area contributed by atoms with Crippen LogP contribution in [0.5, 0.6) is 0 Å². The van der Waals surface area contributed by atoms with Crippen LogP contribution in [0.2, 0.25) is 0 Å². The van der Waals surface area contributed by atoms with Gasteiger partial charge in [0.2, 0.25) is 0 Å². The molecule has 1 amide bonds. The Labute approximate surface area is 105 Å². The third-order valence-corrected chi connectivity index (χ3v) is 2.60. The Morgan fingerprint density at radius 3 is 2.69 bits per heavy atom. The minimum Gasteiger partial charge on any atom is -0.351 e. The van der Waals surface area contributed by atoms with E-state index in [0.717, 1.165) is 23.1 Å². The first-order valence-electron chi connectivity index (χ1n) is 5.39. The fourth-order valence-corrected chi connectivity index (χ4v) is 2.02. The summed E-state index contributed by atoms with van der Waals surface area (Å²) in [7, 11) is 0. The van der Waals surface area contributed by atoms with Crippen LogP contribution >= 0.6 is 15.9 Å². The van der Waals surface area contributed by atoms with Crippen molar-refractivity contribution in [2.75, 3.05) is 19.6 Å². The van der Waals surface area contributed by atoms with E-state index in [4.69, 9.17) is 0 Å². The predicted octanol–water partition coefficient (Wildman–Crippen LogP) is 2.10. The van der Waals surface area contributed by atoms with Crippen molar-refractivity contribution in [1.29, 1.82) is 0 Å². The number of halogens is 1. The zero-order valence-electron chi connectivity index (χ0n) is 9.64. The summed E-state index contributed by atoms with van der Waals surface area (Å²) in [5, 5.41) is 6.02. The molecule has 4 heteroatoms. The summed E-state index contributed by atoms with van der Waals surface area (Å²) in [5.74, 6) is -0.0256. The summed E-state index contributed by atoms with van der Waals surface area (Å²) in [6, 6.07) is 5.69. The summed E-state index contributed by atoms with van der Waals surface area (Å²) >= 11 is 3.38. The van der Waals surface area contributed by atoms with Crippen molar-refractivity contribution >= 4 is 21.8 Å². The van der Waals surface area contributed by atoms with Crippen molar-refractivity contribution in [2.45, 2.75) is 13.8 Å². The highest BCUT2D eigenvalue weighted by atomic mass is 79.9. The zero-order valence-corrected chi connectivity index (χ0v) is 11.2. The topological polar surface area (TPSA) is 41.1 Å². The van der Waals surface area contributed by atoms with E-state index in [-0.39, 0.29) is 5.91 Å². The summed E-state index contributed by atoms with van der Waals surface area (Å²) < 4.78 is 0.935. The third kappa shape index (κ3) is 4.33. The lowest BCUT2D eigenvalue weighted by Crippen LogP contribution is -2.31. The molecule has 0 aliphatic carbocycles. The lowest BCUT2D eigenvalue weighted by atomic mass is 10.1. The number of carbonyl (C=O) groups excluding carboxylic acids is 1. The first-order valence-corrected chi connectivity index (χ1v) is 6.19. The SMILES string of the molecule is CCNCCNC(=O)c1cc(C)cc(Br)c1. The predicted molar refractivity (Wildman–Crippen MR) is 69.8 cm³/mol. The van der Waals surface area contributed by atoms with E-state index in [9.17, 15) is 4.79 Å². The smallest absolute Gasteiger partial charge is 0.251 e. The monoisotopic (exact) mass is 284 g/mol. The average Bonchev–Trinajstić information content (AvgIpc) is 2.22. The highest BCUT2D eigenvalue weighted by Crippen LogP contribution is 2.15. The number of rotatable bonds is 5. The highest BCUT2D eigenvalue weighted by Gasteiger charge is 2.05. The Balaban J connectivity index is 2.52. The van der Waals surface area contributed by atoms with Crippen molar-refractivity contribution in [3.63, 3.8) is 0 Å². The third-order valence-electron chi connectivity index (χ3n) is 2.14. The minimum atomic E-state index is -0.0256. The van der Waals surface area contributed by atoms with Gasteiger partial charge in [0.1, 0.15) is 0 Å². The Morgan fingerprint density at radius 1 is 1.31 bits per heavy atom.